The number of halogens is 1. The van der Waals surface area contributed by atoms with Gasteiger partial charge in [-0.25, -0.2) is 0 Å². The molecular weight excluding hydrogens is 188 g/mol. The molecule has 1 rings (SSSR count). The van der Waals surface area contributed by atoms with Crippen molar-refractivity contribution < 1.29 is 4.74 Å². The van der Waals surface area contributed by atoms with Gasteiger partial charge in [0.05, 0.1) is 18.7 Å². The molecule has 68 valence electrons. The average Bonchev–Trinajstić information content (AvgIpc) is 2.16. The molecule has 0 amide bonds. The summed E-state index contributed by atoms with van der Waals surface area (Å²) in [5.74, 6) is 0.562. The van der Waals surface area contributed by atoms with Crippen LogP contribution in [0.15, 0.2) is 12.1 Å². The smallest absolute Gasteiger partial charge is 0.126 e. The Morgan fingerprint density at radius 1 is 1.62 bits per heavy atom. The van der Waals surface area contributed by atoms with Crippen molar-refractivity contribution in [2.24, 2.45) is 5.73 Å². The molecule has 0 aliphatic rings. The van der Waals surface area contributed by atoms with Crippen LogP contribution in [0.1, 0.15) is 11.1 Å². The van der Waals surface area contributed by atoms with E-state index in [1.807, 2.05) is 6.07 Å². The topological polar surface area (TPSA) is 59.0 Å². The summed E-state index contributed by atoms with van der Waals surface area (Å²) >= 11 is 5.76. The molecule has 0 aromatic heterocycles. The number of hydrogen-bond donors (Lipinski definition) is 1. The Bertz CT molecular complexity index is 357. The summed E-state index contributed by atoms with van der Waals surface area (Å²) in [4.78, 5) is 0. The van der Waals surface area contributed by atoms with Crippen LogP contribution in [0.3, 0.4) is 0 Å². The lowest BCUT2D eigenvalue weighted by Crippen LogP contribution is -2.02. The summed E-state index contributed by atoms with van der Waals surface area (Å²) < 4.78 is 5.04. The van der Waals surface area contributed by atoms with Crippen molar-refractivity contribution in [1.82, 2.24) is 0 Å². The SMILES string of the molecule is COc1cc(Cl)cc(C#N)c1CN. The Labute approximate surface area is 81.7 Å². The van der Waals surface area contributed by atoms with Crippen LogP contribution in [0.4, 0.5) is 0 Å². The highest BCUT2D eigenvalue weighted by Crippen LogP contribution is 2.26. The van der Waals surface area contributed by atoms with Crippen molar-refractivity contribution in [3.63, 3.8) is 0 Å². The van der Waals surface area contributed by atoms with Crippen molar-refractivity contribution in [3.05, 3.63) is 28.3 Å². The molecule has 0 aliphatic carbocycles. The number of ether oxygens (including phenoxy) is 1. The summed E-state index contributed by atoms with van der Waals surface area (Å²) in [7, 11) is 1.52. The van der Waals surface area contributed by atoms with E-state index in [-0.39, 0.29) is 6.54 Å². The zero-order valence-corrected chi connectivity index (χ0v) is 7.93. The lowest BCUT2D eigenvalue weighted by molar-refractivity contribution is 0.409. The van der Waals surface area contributed by atoms with E-state index in [0.29, 0.717) is 21.9 Å². The molecule has 0 unspecified atom stereocenters. The molecule has 3 nitrogen and oxygen atoms in total. The first kappa shape index (κ1) is 9.85. The lowest BCUT2D eigenvalue weighted by atomic mass is 10.1. The second-order valence-corrected chi connectivity index (χ2v) is 2.89. The molecule has 0 atom stereocenters. The number of hydrogen-bond acceptors (Lipinski definition) is 3. The molecule has 1 aromatic carbocycles. The van der Waals surface area contributed by atoms with Crippen molar-refractivity contribution in [1.29, 1.82) is 5.26 Å². The van der Waals surface area contributed by atoms with Gasteiger partial charge in [0.1, 0.15) is 5.75 Å². The normalized spacial score (nSPS) is 9.38. The first-order valence-electron chi connectivity index (χ1n) is 3.69. The second kappa shape index (κ2) is 4.13. The molecule has 4 heteroatoms. The van der Waals surface area contributed by atoms with Gasteiger partial charge in [0.25, 0.3) is 0 Å². The summed E-state index contributed by atoms with van der Waals surface area (Å²) in [6.07, 6.45) is 0. The minimum atomic E-state index is 0.267. The van der Waals surface area contributed by atoms with Crippen LogP contribution in [0.2, 0.25) is 5.02 Å². The highest BCUT2D eigenvalue weighted by Gasteiger charge is 2.08. The first-order valence-corrected chi connectivity index (χ1v) is 4.07. The number of nitrogens with zero attached hydrogens (tertiary/aromatic N) is 1. The fraction of sp³-hybridized carbons (Fsp3) is 0.222. The molecule has 2 N–H and O–H groups in total. The van der Waals surface area contributed by atoms with E-state index in [9.17, 15) is 0 Å². The molecular formula is C9H9ClN2O. The average molecular weight is 197 g/mol. The molecule has 0 saturated carbocycles. The molecule has 0 saturated heterocycles. The Hall–Kier alpha value is -1.24. The highest BCUT2D eigenvalue weighted by atomic mass is 35.5. The molecule has 0 heterocycles. The predicted octanol–water partition coefficient (Wildman–Crippen LogP) is 1.68. The zero-order valence-electron chi connectivity index (χ0n) is 7.17. The highest BCUT2D eigenvalue weighted by molar-refractivity contribution is 6.30. The van der Waals surface area contributed by atoms with Gasteiger partial charge in [-0.1, -0.05) is 11.6 Å². The maximum Gasteiger partial charge on any atom is 0.126 e. The van der Waals surface area contributed by atoms with Crippen molar-refractivity contribution in [3.8, 4) is 11.8 Å². The minimum Gasteiger partial charge on any atom is -0.496 e. The van der Waals surface area contributed by atoms with Crippen LogP contribution in [0, 0.1) is 11.3 Å². The molecule has 0 aliphatic heterocycles. The molecule has 0 radical (unpaired) electrons. The van der Waals surface area contributed by atoms with E-state index < -0.39 is 0 Å². The van der Waals surface area contributed by atoms with Crippen LogP contribution in [0.25, 0.3) is 0 Å². The van der Waals surface area contributed by atoms with E-state index >= 15 is 0 Å². The third-order valence-corrected chi connectivity index (χ3v) is 1.94. The van der Waals surface area contributed by atoms with Gasteiger partial charge in [0, 0.05) is 17.1 Å². The molecule has 1 aromatic rings. The molecule has 13 heavy (non-hydrogen) atoms. The summed E-state index contributed by atoms with van der Waals surface area (Å²) in [6.45, 7) is 0.267. The van der Waals surface area contributed by atoms with Crippen LogP contribution in [0.5, 0.6) is 5.75 Å². The van der Waals surface area contributed by atoms with E-state index in [0.717, 1.165) is 0 Å². The maximum atomic E-state index is 8.77. The van der Waals surface area contributed by atoms with E-state index in [4.69, 9.17) is 27.3 Å². The van der Waals surface area contributed by atoms with Crippen molar-refractivity contribution >= 4 is 11.6 Å². The number of benzene rings is 1. The van der Waals surface area contributed by atoms with Crippen molar-refractivity contribution in [2.45, 2.75) is 6.54 Å². The standard InChI is InChI=1S/C9H9ClN2O/c1-13-9-3-7(10)2-6(4-11)8(9)5-12/h2-3H,5,12H2,1H3. The predicted molar refractivity (Wildman–Crippen MR) is 50.6 cm³/mol. The van der Waals surface area contributed by atoms with Gasteiger partial charge in [0.2, 0.25) is 0 Å². The zero-order chi connectivity index (χ0) is 9.84. The van der Waals surface area contributed by atoms with Gasteiger partial charge < -0.3 is 10.5 Å². The fourth-order valence-electron chi connectivity index (χ4n) is 1.10. The quantitative estimate of drug-likeness (QED) is 0.783. The molecule has 0 spiro atoms. The van der Waals surface area contributed by atoms with Crippen LogP contribution < -0.4 is 10.5 Å². The van der Waals surface area contributed by atoms with Gasteiger partial charge in [0.15, 0.2) is 0 Å². The van der Waals surface area contributed by atoms with E-state index in [1.165, 1.54) is 7.11 Å². The van der Waals surface area contributed by atoms with Gasteiger partial charge in [-0.3, -0.25) is 0 Å². The maximum absolute atomic E-state index is 8.77. The van der Waals surface area contributed by atoms with E-state index in [2.05, 4.69) is 0 Å². The van der Waals surface area contributed by atoms with Gasteiger partial charge in [-0.15, -0.1) is 0 Å². The van der Waals surface area contributed by atoms with Crippen LogP contribution >= 0.6 is 11.6 Å². The van der Waals surface area contributed by atoms with Gasteiger partial charge in [-0.05, 0) is 12.1 Å². The summed E-state index contributed by atoms with van der Waals surface area (Å²) in [6, 6.07) is 5.24. The lowest BCUT2D eigenvalue weighted by Gasteiger charge is -2.08. The minimum absolute atomic E-state index is 0.267. The largest absolute Gasteiger partial charge is 0.496 e. The number of nitrogens with two attached hydrogens (primary N) is 1. The summed E-state index contributed by atoms with van der Waals surface area (Å²) in [5.41, 5.74) is 6.63. The van der Waals surface area contributed by atoms with Crippen LogP contribution in [-0.4, -0.2) is 7.11 Å². The monoisotopic (exact) mass is 196 g/mol. The molecule has 0 fully saturated rings. The van der Waals surface area contributed by atoms with E-state index in [1.54, 1.807) is 12.1 Å². The van der Waals surface area contributed by atoms with Crippen molar-refractivity contribution in [2.75, 3.05) is 7.11 Å². The number of nitriles is 1. The fourth-order valence-corrected chi connectivity index (χ4v) is 1.31. The third kappa shape index (κ3) is 1.92. The third-order valence-electron chi connectivity index (χ3n) is 1.72. The Kier molecular flexibility index (Phi) is 3.13. The summed E-state index contributed by atoms with van der Waals surface area (Å²) in [5, 5.41) is 9.25. The Morgan fingerprint density at radius 3 is 2.77 bits per heavy atom. The number of methoxy groups -OCH3 is 1. The van der Waals surface area contributed by atoms with Crippen LogP contribution in [-0.2, 0) is 6.54 Å². The Balaban J connectivity index is 3.36. The first-order chi connectivity index (χ1) is 6.22. The molecule has 0 bridgehead atoms. The van der Waals surface area contributed by atoms with Gasteiger partial charge in [-0.2, -0.15) is 5.26 Å². The Morgan fingerprint density at radius 2 is 2.31 bits per heavy atom. The van der Waals surface area contributed by atoms with Gasteiger partial charge >= 0.3 is 0 Å². The second-order valence-electron chi connectivity index (χ2n) is 2.45. The number of rotatable bonds is 2.